The maximum absolute atomic E-state index is 13.6. The fourth-order valence-electron chi connectivity index (χ4n) is 4.92. The average Bonchev–Trinajstić information content (AvgIpc) is 3.18. The molecule has 41 heavy (non-hydrogen) atoms. The van der Waals surface area contributed by atoms with Gasteiger partial charge in [0.15, 0.2) is 6.10 Å². The van der Waals surface area contributed by atoms with E-state index in [-0.39, 0.29) is 16.9 Å². The minimum atomic E-state index is -1.26. The molecule has 5 rings (SSSR count). The fraction of sp³-hybridized carbons (Fsp3) is 0.188. The molecular formula is C32H30N4O5. The van der Waals surface area contributed by atoms with E-state index in [9.17, 15) is 19.2 Å². The molecule has 0 bridgehead atoms. The molecule has 2 aromatic heterocycles. The highest BCUT2D eigenvalue weighted by molar-refractivity contribution is 6.07. The summed E-state index contributed by atoms with van der Waals surface area (Å²) in [4.78, 5) is 53.3. The quantitative estimate of drug-likeness (QED) is 0.314. The molecule has 0 aliphatic rings. The lowest BCUT2D eigenvalue weighted by atomic mass is 9.96. The average molecular weight is 551 g/mol. The zero-order valence-corrected chi connectivity index (χ0v) is 23.5. The van der Waals surface area contributed by atoms with E-state index in [1.165, 1.54) is 23.2 Å². The number of anilines is 1. The molecule has 208 valence electrons. The van der Waals surface area contributed by atoms with Crippen molar-refractivity contribution in [2.24, 2.45) is 14.1 Å². The van der Waals surface area contributed by atoms with E-state index >= 15 is 0 Å². The Hall–Kier alpha value is -5.18. The molecule has 0 saturated carbocycles. The van der Waals surface area contributed by atoms with Gasteiger partial charge in [-0.15, -0.1) is 0 Å². The van der Waals surface area contributed by atoms with E-state index in [0.717, 1.165) is 11.1 Å². The second kappa shape index (κ2) is 10.8. The second-order valence-electron chi connectivity index (χ2n) is 9.97. The molecule has 5 aromatic rings. The summed E-state index contributed by atoms with van der Waals surface area (Å²) in [6.07, 6.45) is -1.26. The number of hydrogen-bond donors (Lipinski definition) is 1. The number of benzene rings is 3. The number of fused-ring (bicyclic) bond motifs is 1. The number of pyridine rings is 1. The third kappa shape index (κ3) is 4.86. The van der Waals surface area contributed by atoms with Crippen LogP contribution < -0.4 is 16.4 Å². The van der Waals surface area contributed by atoms with Crippen molar-refractivity contribution in [1.29, 1.82) is 0 Å². The highest BCUT2D eigenvalue weighted by Gasteiger charge is 2.28. The van der Waals surface area contributed by atoms with Crippen LogP contribution in [-0.2, 0) is 23.6 Å². The van der Waals surface area contributed by atoms with Gasteiger partial charge in [0.05, 0.1) is 11.4 Å². The van der Waals surface area contributed by atoms with Gasteiger partial charge in [-0.25, -0.2) is 9.48 Å². The smallest absolute Gasteiger partial charge is 0.356 e. The molecule has 0 spiro atoms. The molecule has 1 atom stereocenters. The molecule has 0 aliphatic heterocycles. The molecule has 0 fully saturated rings. The van der Waals surface area contributed by atoms with Gasteiger partial charge >= 0.3 is 5.97 Å². The van der Waals surface area contributed by atoms with Crippen LogP contribution in [0.25, 0.3) is 27.6 Å². The van der Waals surface area contributed by atoms with E-state index in [4.69, 9.17) is 4.74 Å². The molecule has 9 heteroatoms. The van der Waals surface area contributed by atoms with E-state index in [2.05, 4.69) is 5.32 Å². The lowest BCUT2D eigenvalue weighted by Gasteiger charge is -2.19. The molecule has 1 unspecified atom stereocenters. The van der Waals surface area contributed by atoms with Crippen molar-refractivity contribution in [3.63, 3.8) is 0 Å². The maximum Gasteiger partial charge on any atom is 0.356 e. The SMILES string of the molecule is Cc1ccc(-c2c(C(=O)OC(C)C(=O)Nc3c(C)n(C)n(-c4ccccc4)c3=O)n(C)c(=O)c3ccccc23)cc1. The molecule has 2 heterocycles. The van der Waals surface area contributed by atoms with Crippen LogP contribution in [0.4, 0.5) is 5.69 Å². The number of carbonyl (C=O) groups is 2. The van der Waals surface area contributed by atoms with Gasteiger partial charge in [-0.1, -0.05) is 66.2 Å². The van der Waals surface area contributed by atoms with Gasteiger partial charge in [-0.3, -0.25) is 19.1 Å². The van der Waals surface area contributed by atoms with Crippen LogP contribution in [0, 0.1) is 13.8 Å². The normalized spacial score (nSPS) is 11.8. The summed E-state index contributed by atoms with van der Waals surface area (Å²) in [5.74, 6) is -1.51. The Kier molecular flexibility index (Phi) is 7.19. The Labute approximate surface area is 236 Å². The number of aryl methyl sites for hydroxylation is 1. The first-order chi connectivity index (χ1) is 19.6. The van der Waals surface area contributed by atoms with Crippen molar-refractivity contribution < 1.29 is 14.3 Å². The van der Waals surface area contributed by atoms with Gasteiger partial charge in [0.1, 0.15) is 11.4 Å². The Morgan fingerprint density at radius 1 is 0.805 bits per heavy atom. The van der Waals surface area contributed by atoms with E-state index < -0.39 is 23.5 Å². The molecule has 1 N–H and O–H groups in total. The number of aromatic nitrogens is 3. The van der Waals surface area contributed by atoms with Crippen molar-refractivity contribution in [2.75, 3.05) is 5.32 Å². The van der Waals surface area contributed by atoms with Gasteiger partial charge < -0.3 is 14.6 Å². The minimum Gasteiger partial charge on any atom is -0.448 e. The van der Waals surface area contributed by atoms with Crippen LogP contribution in [0.2, 0.25) is 0 Å². The molecular weight excluding hydrogens is 520 g/mol. The first-order valence-electron chi connectivity index (χ1n) is 13.1. The van der Waals surface area contributed by atoms with Crippen molar-refractivity contribution in [3.05, 3.63) is 117 Å². The Morgan fingerprint density at radius 3 is 2.07 bits per heavy atom. The predicted molar refractivity (Wildman–Crippen MR) is 159 cm³/mol. The molecule has 1 amide bonds. The summed E-state index contributed by atoms with van der Waals surface area (Å²) in [5, 5.41) is 3.70. The predicted octanol–water partition coefficient (Wildman–Crippen LogP) is 4.50. The number of nitrogens with one attached hydrogen (secondary N) is 1. The summed E-state index contributed by atoms with van der Waals surface area (Å²) >= 11 is 0. The number of para-hydroxylation sites is 1. The van der Waals surface area contributed by atoms with Crippen LogP contribution in [0.3, 0.4) is 0 Å². The van der Waals surface area contributed by atoms with E-state index in [0.29, 0.717) is 27.7 Å². The number of carbonyl (C=O) groups excluding carboxylic acids is 2. The van der Waals surface area contributed by atoms with Crippen LogP contribution >= 0.6 is 0 Å². The molecule has 0 aliphatic carbocycles. The highest BCUT2D eigenvalue weighted by atomic mass is 16.5. The molecule has 0 saturated heterocycles. The van der Waals surface area contributed by atoms with Gasteiger partial charge in [0.25, 0.3) is 17.0 Å². The summed E-state index contributed by atoms with van der Waals surface area (Å²) in [7, 11) is 3.23. The van der Waals surface area contributed by atoms with Gasteiger partial charge in [-0.2, -0.15) is 0 Å². The fourth-order valence-corrected chi connectivity index (χ4v) is 4.92. The number of hydrogen-bond acceptors (Lipinski definition) is 5. The number of ether oxygens (including phenoxy) is 1. The molecule has 9 nitrogen and oxygen atoms in total. The summed E-state index contributed by atoms with van der Waals surface area (Å²) in [6.45, 7) is 5.10. The maximum atomic E-state index is 13.6. The van der Waals surface area contributed by atoms with Crippen LogP contribution in [-0.4, -0.2) is 31.9 Å². The van der Waals surface area contributed by atoms with Gasteiger partial charge in [-0.05, 0) is 49.9 Å². The van der Waals surface area contributed by atoms with Crippen molar-refractivity contribution in [1.82, 2.24) is 13.9 Å². The van der Waals surface area contributed by atoms with E-state index in [1.807, 2.05) is 49.4 Å². The summed E-state index contributed by atoms with van der Waals surface area (Å²) in [6, 6.07) is 23.7. The van der Waals surface area contributed by atoms with Crippen molar-refractivity contribution >= 4 is 28.3 Å². The second-order valence-corrected chi connectivity index (χ2v) is 9.97. The van der Waals surface area contributed by atoms with Gasteiger partial charge in [0, 0.05) is 25.0 Å². The number of esters is 1. The first kappa shape index (κ1) is 27.4. The number of rotatable bonds is 6. The third-order valence-electron chi connectivity index (χ3n) is 7.29. The molecule has 3 aromatic carbocycles. The zero-order valence-electron chi connectivity index (χ0n) is 23.5. The largest absolute Gasteiger partial charge is 0.448 e. The van der Waals surface area contributed by atoms with E-state index in [1.54, 1.807) is 55.1 Å². The lowest BCUT2D eigenvalue weighted by molar-refractivity contribution is -0.123. The minimum absolute atomic E-state index is 0.0273. The Bertz CT molecular complexity index is 1910. The monoisotopic (exact) mass is 550 g/mol. The Morgan fingerprint density at radius 2 is 1.41 bits per heavy atom. The lowest BCUT2D eigenvalue weighted by Crippen LogP contribution is -2.34. The van der Waals surface area contributed by atoms with Crippen molar-refractivity contribution in [3.8, 4) is 16.8 Å². The summed E-state index contributed by atoms with van der Waals surface area (Å²) < 4.78 is 9.96. The number of amides is 1. The topological polar surface area (TPSA) is 104 Å². The highest BCUT2D eigenvalue weighted by Crippen LogP contribution is 2.31. The molecule has 0 radical (unpaired) electrons. The van der Waals surface area contributed by atoms with Crippen LogP contribution in [0.5, 0.6) is 0 Å². The van der Waals surface area contributed by atoms with Crippen molar-refractivity contribution in [2.45, 2.75) is 26.9 Å². The standard InChI is InChI=1S/C32H30N4O5/c1-19-15-17-22(18-16-19)26-24-13-9-10-14-25(24)30(38)34(4)28(26)32(40)41-21(3)29(37)33-27-20(2)35(5)36(31(27)39)23-11-7-6-8-12-23/h6-18,21H,1-5H3,(H,33,37). The zero-order chi connectivity index (χ0) is 29.4. The number of nitrogens with zero attached hydrogens (tertiary/aromatic N) is 3. The van der Waals surface area contributed by atoms with Crippen LogP contribution in [0.1, 0.15) is 28.7 Å². The van der Waals surface area contributed by atoms with Crippen LogP contribution in [0.15, 0.2) is 88.5 Å². The Balaban J connectivity index is 1.49. The summed E-state index contributed by atoms with van der Waals surface area (Å²) in [5.41, 5.74) is 2.82. The third-order valence-corrected chi connectivity index (χ3v) is 7.29. The van der Waals surface area contributed by atoms with Gasteiger partial charge in [0.2, 0.25) is 0 Å². The first-order valence-corrected chi connectivity index (χ1v) is 13.1.